The van der Waals surface area contributed by atoms with Gasteiger partial charge in [-0.2, -0.15) is 0 Å². The Morgan fingerprint density at radius 1 is 0.812 bits per heavy atom. The van der Waals surface area contributed by atoms with Crippen molar-refractivity contribution >= 4 is 23.4 Å². The van der Waals surface area contributed by atoms with Crippen LogP contribution in [0.4, 0.5) is 5.69 Å². The van der Waals surface area contributed by atoms with Crippen LogP contribution < -0.4 is 20.7 Å². The van der Waals surface area contributed by atoms with Gasteiger partial charge in [-0.25, -0.2) is 0 Å². The minimum Gasteiger partial charge on any atom is -0.497 e. The van der Waals surface area contributed by atoms with Gasteiger partial charge in [0.05, 0.1) is 13.7 Å². The molecular weight excluding hydrogens is 406 g/mol. The molecule has 0 bridgehead atoms. The molecule has 3 amide bonds. The van der Waals surface area contributed by atoms with Crippen molar-refractivity contribution in [3.63, 3.8) is 0 Å². The van der Waals surface area contributed by atoms with Gasteiger partial charge in [0.15, 0.2) is 0 Å². The van der Waals surface area contributed by atoms with Crippen molar-refractivity contribution in [1.29, 1.82) is 0 Å². The number of hydrogen-bond donors (Lipinski definition) is 3. The molecule has 0 fully saturated rings. The van der Waals surface area contributed by atoms with Gasteiger partial charge in [-0.1, -0.05) is 29.8 Å². The van der Waals surface area contributed by atoms with Gasteiger partial charge < -0.3 is 20.7 Å². The Bertz CT molecular complexity index is 1090. The number of carbonyl (C=O) groups excluding carboxylic acids is 3. The molecule has 0 aromatic heterocycles. The summed E-state index contributed by atoms with van der Waals surface area (Å²) in [6, 6.07) is 21.2. The maximum atomic E-state index is 12.4. The van der Waals surface area contributed by atoms with Crippen LogP contribution in [0.25, 0.3) is 0 Å². The lowest BCUT2D eigenvalue weighted by Crippen LogP contribution is -2.36. The highest BCUT2D eigenvalue weighted by Crippen LogP contribution is 2.13. The molecule has 7 nitrogen and oxygen atoms in total. The second kappa shape index (κ2) is 10.8. The maximum Gasteiger partial charge on any atom is 0.255 e. The van der Waals surface area contributed by atoms with Crippen LogP contribution in [0.1, 0.15) is 31.8 Å². The van der Waals surface area contributed by atoms with Crippen LogP contribution >= 0.6 is 0 Å². The highest BCUT2D eigenvalue weighted by atomic mass is 16.5. The number of amides is 3. The van der Waals surface area contributed by atoms with E-state index in [-0.39, 0.29) is 30.8 Å². The van der Waals surface area contributed by atoms with Gasteiger partial charge in [-0.3, -0.25) is 14.4 Å². The molecule has 0 aliphatic carbocycles. The fourth-order valence-electron chi connectivity index (χ4n) is 2.94. The standard InChI is InChI=1S/C25H25N3O4/c1-17-6-8-20(9-7-17)25(31)28-21-5-3-4-18(14-21)15-26-23(29)16-27-24(30)19-10-12-22(32-2)13-11-19/h3-14H,15-16H2,1-2H3,(H,26,29)(H,27,30)(H,28,31). The zero-order valence-corrected chi connectivity index (χ0v) is 18.0. The summed E-state index contributed by atoms with van der Waals surface area (Å²) in [5, 5.41) is 8.19. The van der Waals surface area contributed by atoms with Gasteiger partial charge in [0, 0.05) is 23.4 Å². The van der Waals surface area contributed by atoms with Crippen molar-refractivity contribution in [3.8, 4) is 5.75 Å². The predicted octanol–water partition coefficient (Wildman–Crippen LogP) is 3.30. The number of nitrogens with one attached hydrogen (secondary N) is 3. The van der Waals surface area contributed by atoms with Crippen LogP contribution in [-0.2, 0) is 11.3 Å². The summed E-state index contributed by atoms with van der Waals surface area (Å²) < 4.78 is 5.06. The van der Waals surface area contributed by atoms with E-state index < -0.39 is 0 Å². The van der Waals surface area contributed by atoms with E-state index in [0.717, 1.165) is 11.1 Å². The molecule has 32 heavy (non-hydrogen) atoms. The number of hydrogen-bond acceptors (Lipinski definition) is 4. The van der Waals surface area contributed by atoms with E-state index in [4.69, 9.17) is 4.74 Å². The first-order valence-electron chi connectivity index (χ1n) is 10.1. The molecule has 0 aliphatic heterocycles. The van der Waals surface area contributed by atoms with Gasteiger partial charge in [0.2, 0.25) is 5.91 Å². The van der Waals surface area contributed by atoms with Crippen LogP contribution in [0.2, 0.25) is 0 Å². The Hall–Kier alpha value is -4.13. The van der Waals surface area contributed by atoms with E-state index in [1.807, 2.05) is 25.1 Å². The molecule has 0 atom stereocenters. The van der Waals surface area contributed by atoms with Crippen LogP contribution in [0.5, 0.6) is 5.75 Å². The van der Waals surface area contributed by atoms with Crippen molar-refractivity contribution in [2.24, 2.45) is 0 Å². The van der Waals surface area contributed by atoms with Gasteiger partial charge >= 0.3 is 0 Å². The molecule has 0 spiro atoms. The molecule has 0 saturated heterocycles. The highest BCUT2D eigenvalue weighted by molar-refractivity contribution is 6.04. The summed E-state index contributed by atoms with van der Waals surface area (Å²) in [6.07, 6.45) is 0. The van der Waals surface area contributed by atoms with E-state index >= 15 is 0 Å². The molecule has 3 aromatic rings. The van der Waals surface area contributed by atoms with Crippen molar-refractivity contribution in [2.45, 2.75) is 13.5 Å². The smallest absolute Gasteiger partial charge is 0.255 e. The third-order valence-corrected chi connectivity index (χ3v) is 4.75. The summed E-state index contributed by atoms with van der Waals surface area (Å²) in [4.78, 5) is 36.6. The second-order valence-electron chi connectivity index (χ2n) is 7.21. The quantitative estimate of drug-likeness (QED) is 0.510. The molecule has 0 radical (unpaired) electrons. The summed E-state index contributed by atoms with van der Waals surface area (Å²) >= 11 is 0. The van der Waals surface area contributed by atoms with E-state index in [0.29, 0.717) is 22.6 Å². The molecule has 0 saturated carbocycles. The van der Waals surface area contributed by atoms with Crippen molar-refractivity contribution in [2.75, 3.05) is 19.0 Å². The zero-order valence-electron chi connectivity index (χ0n) is 18.0. The van der Waals surface area contributed by atoms with Crippen molar-refractivity contribution < 1.29 is 19.1 Å². The lowest BCUT2D eigenvalue weighted by Gasteiger charge is -2.10. The fraction of sp³-hybridized carbons (Fsp3) is 0.160. The third kappa shape index (κ3) is 6.43. The van der Waals surface area contributed by atoms with E-state index in [2.05, 4.69) is 16.0 Å². The largest absolute Gasteiger partial charge is 0.497 e. The van der Waals surface area contributed by atoms with E-state index in [1.54, 1.807) is 61.7 Å². The SMILES string of the molecule is COc1ccc(C(=O)NCC(=O)NCc2cccc(NC(=O)c3ccc(C)cc3)c2)cc1. The van der Waals surface area contributed by atoms with Gasteiger partial charge in [0.25, 0.3) is 11.8 Å². The minimum atomic E-state index is -0.344. The average molecular weight is 431 g/mol. The summed E-state index contributed by atoms with van der Waals surface area (Å²) in [5.74, 6) is -0.214. The summed E-state index contributed by atoms with van der Waals surface area (Å²) in [5.41, 5.74) is 3.55. The van der Waals surface area contributed by atoms with Gasteiger partial charge in [-0.15, -0.1) is 0 Å². The lowest BCUT2D eigenvalue weighted by molar-refractivity contribution is -0.120. The number of aryl methyl sites for hydroxylation is 1. The topological polar surface area (TPSA) is 96.5 Å². The molecule has 0 unspecified atom stereocenters. The maximum absolute atomic E-state index is 12.4. The molecule has 3 aromatic carbocycles. The predicted molar refractivity (Wildman–Crippen MR) is 123 cm³/mol. The zero-order chi connectivity index (χ0) is 22.9. The van der Waals surface area contributed by atoms with Crippen molar-refractivity contribution in [1.82, 2.24) is 10.6 Å². The first kappa shape index (κ1) is 22.6. The summed E-state index contributed by atoms with van der Waals surface area (Å²) in [7, 11) is 1.55. The van der Waals surface area contributed by atoms with E-state index in [9.17, 15) is 14.4 Å². The second-order valence-corrected chi connectivity index (χ2v) is 7.21. The van der Waals surface area contributed by atoms with Crippen LogP contribution in [0, 0.1) is 6.92 Å². The average Bonchev–Trinajstić information content (AvgIpc) is 2.82. The minimum absolute atomic E-state index is 0.144. The molecular formula is C25H25N3O4. The van der Waals surface area contributed by atoms with Gasteiger partial charge in [-0.05, 0) is 61.0 Å². The van der Waals surface area contributed by atoms with Crippen LogP contribution in [0.3, 0.4) is 0 Å². The first-order chi connectivity index (χ1) is 15.4. The number of methoxy groups -OCH3 is 1. The first-order valence-corrected chi connectivity index (χ1v) is 10.1. The number of anilines is 1. The number of benzene rings is 3. The number of ether oxygens (including phenoxy) is 1. The fourth-order valence-corrected chi connectivity index (χ4v) is 2.94. The molecule has 7 heteroatoms. The Kier molecular flexibility index (Phi) is 7.59. The van der Waals surface area contributed by atoms with Gasteiger partial charge in [0.1, 0.15) is 5.75 Å². The molecule has 164 valence electrons. The normalized spacial score (nSPS) is 10.2. The monoisotopic (exact) mass is 431 g/mol. The lowest BCUT2D eigenvalue weighted by atomic mass is 10.1. The van der Waals surface area contributed by atoms with Crippen molar-refractivity contribution in [3.05, 3.63) is 95.1 Å². The molecule has 3 N–H and O–H groups in total. The summed E-state index contributed by atoms with van der Waals surface area (Å²) in [6.45, 7) is 2.09. The Morgan fingerprint density at radius 2 is 1.47 bits per heavy atom. The molecule has 3 rings (SSSR count). The number of carbonyl (C=O) groups is 3. The molecule has 0 heterocycles. The van der Waals surface area contributed by atoms with Crippen LogP contribution in [-0.4, -0.2) is 31.4 Å². The third-order valence-electron chi connectivity index (χ3n) is 4.75. The molecule has 0 aliphatic rings. The Morgan fingerprint density at radius 3 is 2.16 bits per heavy atom. The van der Waals surface area contributed by atoms with Crippen LogP contribution in [0.15, 0.2) is 72.8 Å². The Labute approximate surface area is 186 Å². The number of rotatable bonds is 8. The van der Waals surface area contributed by atoms with E-state index in [1.165, 1.54) is 0 Å². The highest BCUT2D eigenvalue weighted by Gasteiger charge is 2.09. The Balaban J connectivity index is 1.47.